The van der Waals surface area contributed by atoms with E-state index >= 15 is 0 Å². The van der Waals surface area contributed by atoms with Crippen LogP contribution >= 0.6 is 0 Å². The zero-order valence-corrected chi connectivity index (χ0v) is 16.9. The van der Waals surface area contributed by atoms with Crippen LogP contribution in [0, 0.1) is 6.92 Å². The molecule has 0 unspecified atom stereocenters. The van der Waals surface area contributed by atoms with Crippen molar-refractivity contribution >= 4 is 39.3 Å². The molecule has 0 spiro atoms. The van der Waals surface area contributed by atoms with Crippen molar-refractivity contribution in [1.82, 2.24) is 15.0 Å². The molecule has 0 atom stereocenters. The maximum atomic E-state index is 12.5. The van der Waals surface area contributed by atoms with Crippen LogP contribution < -0.4 is 15.4 Å². The summed E-state index contributed by atoms with van der Waals surface area (Å²) >= 11 is 0. The average molecular weight is 426 g/mol. The summed E-state index contributed by atoms with van der Waals surface area (Å²) in [4.78, 5) is 35.4. The van der Waals surface area contributed by atoms with Crippen molar-refractivity contribution in [3.63, 3.8) is 0 Å². The maximum absolute atomic E-state index is 12.5. The molecule has 0 radical (unpaired) electrons. The predicted molar refractivity (Wildman–Crippen MR) is 111 cm³/mol. The number of carbonyl (C=O) groups is 2. The number of carbonyl (C=O) groups excluding carboxylic acids is 2. The van der Waals surface area contributed by atoms with E-state index < -0.39 is 15.9 Å². The van der Waals surface area contributed by atoms with Gasteiger partial charge in [0.15, 0.2) is 0 Å². The molecule has 0 aliphatic heterocycles. The van der Waals surface area contributed by atoms with Crippen LogP contribution in [0.2, 0.25) is 0 Å². The molecule has 1 aromatic carbocycles. The van der Waals surface area contributed by atoms with Gasteiger partial charge in [0.2, 0.25) is 11.9 Å². The maximum Gasteiger partial charge on any atom is 0.264 e. The molecule has 2 heterocycles. The third-order valence-electron chi connectivity index (χ3n) is 3.77. The zero-order chi connectivity index (χ0) is 21.7. The van der Waals surface area contributed by atoms with Crippen molar-refractivity contribution in [2.45, 2.75) is 18.7 Å². The Bertz CT molecular complexity index is 1200. The zero-order valence-electron chi connectivity index (χ0n) is 16.1. The number of anilines is 3. The van der Waals surface area contributed by atoms with Crippen LogP contribution in [0.4, 0.5) is 17.5 Å². The lowest BCUT2D eigenvalue weighted by Crippen LogP contribution is -2.16. The number of sulfonamides is 1. The van der Waals surface area contributed by atoms with Crippen LogP contribution in [0.25, 0.3) is 0 Å². The minimum Gasteiger partial charge on any atom is -0.322 e. The largest absolute Gasteiger partial charge is 0.322 e. The van der Waals surface area contributed by atoms with E-state index in [1.165, 1.54) is 55.7 Å². The first-order chi connectivity index (χ1) is 14.2. The van der Waals surface area contributed by atoms with Crippen LogP contribution in [-0.4, -0.2) is 35.2 Å². The molecule has 0 fully saturated rings. The normalized spacial score (nSPS) is 10.9. The summed E-state index contributed by atoms with van der Waals surface area (Å²) in [5.74, 6) is -0.520. The number of nitrogens with zero attached hydrogens (tertiary/aromatic N) is 3. The van der Waals surface area contributed by atoms with Crippen molar-refractivity contribution in [2.24, 2.45) is 0 Å². The molecule has 0 saturated carbocycles. The SMILES string of the molecule is CC(=O)Nc1cc(C(=O)Nc2ccc(S(=O)(=O)Nc3nccc(C)n3)cc2)ccn1. The summed E-state index contributed by atoms with van der Waals surface area (Å²) in [6.07, 6.45) is 2.85. The molecule has 0 saturated heterocycles. The van der Waals surface area contributed by atoms with E-state index in [1.54, 1.807) is 13.0 Å². The second kappa shape index (κ2) is 8.66. The first kappa shape index (κ1) is 20.9. The smallest absolute Gasteiger partial charge is 0.264 e. The number of pyridine rings is 1. The Balaban J connectivity index is 1.71. The van der Waals surface area contributed by atoms with Gasteiger partial charge >= 0.3 is 0 Å². The number of rotatable bonds is 6. The monoisotopic (exact) mass is 426 g/mol. The fourth-order valence-electron chi connectivity index (χ4n) is 2.42. The van der Waals surface area contributed by atoms with Crippen LogP contribution in [0.3, 0.4) is 0 Å². The molecule has 0 aliphatic rings. The Morgan fingerprint density at radius 3 is 2.30 bits per heavy atom. The first-order valence-electron chi connectivity index (χ1n) is 8.70. The summed E-state index contributed by atoms with van der Waals surface area (Å²) in [5.41, 5.74) is 1.30. The van der Waals surface area contributed by atoms with Crippen molar-refractivity contribution in [3.8, 4) is 0 Å². The lowest BCUT2D eigenvalue weighted by molar-refractivity contribution is -0.114. The third kappa shape index (κ3) is 5.35. The van der Waals surface area contributed by atoms with E-state index in [0.29, 0.717) is 11.4 Å². The molecule has 0 bridgehead atoms. The van der Waals surface area contributed by atoms with Gasteiger partial charge in [0.25, 0.3) is 15.9 Å². The molecular formula is C19H18N6O4S. The van der Waals surface area contributed by atoms with Gasteiger partial charge in [0, 0.05) is 36.3 Å². The number of amides is 2. The topological polar surface area (TPSA) is 143 Å². The summed E-state index contributed by atoms with van der Waals surface area (Å²) in [6.45, 7) is 3.06. The van der Waals surface area contributed by atoms with Gasteiger partial charge in [-0.05, 0) is 49.4 Å². The van der Waals surface area contributed by atoms with Crippen molar-refractivity contribution in [3.05, 3.63) is 66.1 Å². The van der Waals surface area contributed by atoms with E-state index in [-0.39, 0.29) is 28.1 Å². The summed E-state index contributed by atoms with van der Waals surface area (Å²) in [5, 5.41) is 5.15. The van der Waals surface area contributed by atoms with Crippen molar-refractivity contribution in [1.29, 1.82) is 0 Å². The van der Waals surface area contributed by atoms with Crippen LogP contribution in [0.1, 0.15) is 23.0 Å². The van der Waals surface area contributed by atoms with Gasteiger partial charge in [-0.3, -0.25) is 9.59 Å². The van der Waals surface area contributed by atoms with Crippen molar-refractivity contribution in [2.75, 3.05) is 15.4 Å². The lowest BCUT2D eigenvalue weighted by Gasteiger charge is -2.09. The van der Waals surface area contributed by atoms with E-state index in [4.69, 9.17) is 0 Å². The highest BCUT2D eigenvalue weighted by molar-refractivity contribution is 7.92. The molecule has 154 valence electrons. The van der Waals surface area contributed by atoms with Gasteiger partial charge in [-0.1, -0.05) is 0 Å². The number of nitrogens with one attached hydrogen (secondary N) is 3. The highest BCUT2D eigenvalue weighted by atomic mass is 32.2. The lowest BCUT2D eigenvalue weighted by atomic mass is 10.2. The second-order valence-corrected chi connectivity index (χ2v) is 7.90. The van der Waals surface area contributed by atoms with Gasteiger partial charge in [0.05, 0.1) is 4.90 Å². The van der Waals surface area contributed by atoms with E-state index in [9.17, 15) is 18.0 Å². The second-order valence-electron chi connectivity index (χ2n) is 6.22. The van der Waals surface area contributed by atoms with Gasteiger partial charge < -0.3 is 10.6 Å². The summed E-state index contributed by atoms with van der Waals surface area (Å²) in [6, 6.07) is 10.2. The van der Waals surface area contributed by atoms with Crippen molar-refractivity contribution < 1.29 is 18.0 Å². The Morgan fingerprint density at radius 1 is 0.933 bits per heavy atom. The Labute approximate surface area is 172 Å². The average Bonchev–Trinajstić information content (AvgIpc) is 2.68. The van der Waals surface area contributed by atoms with Crippen LogP contribution in [0.5, 0.6) is 0 Å². The van der Waals surface area contributed by atoms with Crippen LogP contribution in [0.15, 0.2) is 59.8 Å². The van der Waals surface area contributed by atoms with Gasteiger partial charge in [0.1, 0.15) is 5.82 Å². The number of aryl methyl sites for hydroxylation is 1. The molecule has 0 aliphatic carbocycles. The standard InChI is InChI=1S/C19H18N6O4S/c1-12-7-9-21-19(22-12)25-30(28,29)16-5-3-15(4-6-16)24-18(27)14-8-10-20-17(11-14)23-13(2)26/h3-11H,1-2H3,(H,24,27)(H,20,23,26)(H,21,22,25). The molecule has 11 heteroatoms. The number of aromatic nitrogens is 3. The van der Waals surface area contributed by atoms with Crippen LogP contribution in [-0.2, 0) is 14.8 Å². The van der Waals surface area contributed by atoms with E-state index in [2.05, 4.69) is 30.3 Å². The summed E-state index contributed by atoms with van der Waals surface area (Å²) < 4.78 is 27.3. The highest BCUT2D eigenvalue weighted by Gasteiger charge is 2.16. The van der Waals surface area contributed by atoms with Gasteiger partial charge in [-0.25, -0.2) is 28.1 Å². The molecule has 10 nitrogen and oxygen atoms in total. The Kier molecular flexibility index (Phi) is 6.02. The third-order valence-corrected chi connectivity index (χ3v) is 5.11. The quantitative estimate of drug-likeness (QED) is 0.548. The fourth-order valence-corrected chi connectivity index (χ4v) is 3.37. The molecule has 30 heavy (non-hydrogen) atoms. The number of hydrogen-bond donors (Lipinski definition) is 3. The Morgan fingerprint density at radius 2 is 1.63 bits per heavy atom. The number of benzene rings is 1. The summed E-state index contributed by atoms with van der Waals surface area (Å²) in [7, 11) is -3.88. The predicted octanol–water partition coefficient (Wildman–Crippen LogP) is 2.19. The molecule has 3 N–H and O–H groups in total. The molecule has 3 rings (SSSR count). The minimum absolute atomic E-state index is 0.0116. The van der Waals surface area contributed by atoms with E-state index in [0.717, 1.165) is 0 Å². The van der Waals surface area contributed by atoms with E-state index in [1.807, 2.05) is 0 Å². The molecule has 2 amide bonds. The number of hydrogen-bond acceptors (Lipinski definition) is 7. The molecular weight excluding hydrogens is 408 g/mol. The fraction of sp³-hybridized carbons (Fsp3) is 0.105. The highest BCUT2D eigenvalue weighted by Crippen LogP contribution is 2.18. The van der Waals surface area contributed by atoms with Gasteiger partial charge in [-0.15, -0.1) is 0 Å². The Hall–Kier alpha value is -3.86. The molecule has 3 aromatic rings. The first-order valence-corrected chi connectivity index (χ1v) is 10.2. The minimum atomic E-state index is -3.88. The van der Waals surface area contributed by atoms with Gasteiger partial charge in [-0.2, -0.15) is 0 Å². The molecule has 2 aromatic heterocycles.